The Balaban J connectivity index is 0.00000231. The molecule has 5 rings (SSSR count). The molecule has 3 heterocycles. The Morgan fingerprint density at radius 1 is 1.03 bits per heavy atom. The number of nitrogens with zero attached hydrogens (tertiary/aromatic N) is 3. The van der Waals surface area contributed by atoms with Gasteiger partial charge in [0.1, 0.15) is 11.6 Å². The molecule has 160 valence electrons. The number of aromatic nitrogens is 2. The van der Waals surface area contributed by atoms with Gasteiger partial charge >= 0.3 is 0 Å². The Bertz CT molecular complexity index is 1260. The van der Waals surface area contributed by atoms with E-state index in [1.807, 2.05) is 12.1 Å². The van der Waals surface area contributed by atoms with Crippen molar-refractivity contribution in [3.8, 4) is 0 Å². The van der Waals surface area contributed by atoms with Gasteiger partial charge in [0.25, 0.3) is 0 Å². The average Bonchev–Trinajstić information content (AvgIpc) is 2.98. The highest BCUT2D eigenvalue weighted by molar-refractivity contribution is 5.95. The molecule has 6 heteroatoms. The van der Waals surface area contributed by atoms with Crippen LogP contribution in [0, 0.1) is 19.7 Å². The minimum Gasteiger partial charge on any atom is -0.384 e. The summed E-state index contributed by atoms with van der Waals surface area (Å²) in [5.74, 6) is 1.23. The number of benzene rings is 2. The number of fused-ring (bicyclic) bond motifs is 2. The Labute approximate surface area is 187 Å². The van der Waals surface area contributed by atoms with Crippen molar-refractivity contribution in [2.75, 3.05) is 17.2 Å². The molecule has 0 fully saturated rings. The van der Waals surface area contributed by atoms with E-state index >= 15 is 0 Å². The van der Waals surface area contributed by atoms with Crippen LogP contribution in [-0.2, 0) is 19.5 Å². The molecule has 2 N–H and O–H groups in total. The fraction of sp³-hybridized carbons (Fsp3) is 0.240. The van der Waals surface area contributed by atoms with Crippen molar-refractivity contribution in [3.05, 3.63) is 88.4 Å². The largest absolute Gasteiger partial charge is 0.384 e. The normalized spacial score (nSPS) is 13.2. The van der Waals surface area contributed by atoms with Crippen LogP contribution in [0.4, 0.5) is 16.0 Å². The molecule has 0 bridgehead atoms. The summed E-state index contributed by atoms with van der Waals surface area (Å²) in [6.45, 7) is 6.53. The van der Waals surface area contributed by atoms with Crippen molar-refractivity contribution in [1.82, 2.24) is 9.55 Å². The minimum atomic E-state index is -0.214. The molecular formula is C25H26ClFN4. The quantitative estimate of drug-likeness (QED) is 0.467. The molecule has 0 atom stereocenters. The van der Waals surface area contributed by atoms with E-state index in [9.17, 15) is 4.39 Å². The van der Waals surface area contributed by atoms with Gasteiger partial charge in [0.05, 0.1) is 5.52 Å². The average molecular weight is 437 g/mol. The van der Waals surface area contributed by atoms with E-state index in [1.165, 1.54) is 22.8 Å². The second-order valence-electron chi connectivity index (χ2n) is 8.13. The van der Waals surface area contributed by atoms with Gasteiger partial charge in [-0.3, -0.25) is 0 Å². The lowest BCUT2D eigenvalue weighted by Gasteiger charge is -2.31. The molecule has 1 aliphatic heterocycles. The number of pyridine rings is 1. The van der Waals surface area contributed by atoms with Gasteiger partial charge in [-0.1, -0.05) is 36.4 Å². The maximum Gasteiger partial charge on any atom is 0.155 e. The summed E-state index contributed by atoms with van der Waals surface area (Å²) in [4.78, 5) is 7.10. The Morgan fingerprint density at radius 2 is 1.81 bits per heavy atom. The SMILES string of the molecule is Cc1c(C)n(Cc2cccc(F)c2)c2c(N3CCc4ccccc4C3)nc(N)cc12.Cl. The zero-order valence-corrected chi connectivity index (χ0v) is 18.5. The lowest BCUT2D eigenvalue weighted by molar-refractivity contribution is 0.623. The first kappa shape index (κ1) is 21.2. The summed E-state index contributed by atoms with van der Waals surface area (Å²) in [5, 5.41) is 1.12. The molecule has 0 aliphatic carbocycles. The molecule has 31 heavy (non-hydrogen) atoms. The second kappa shape index (κ2) is 8.23. The first-order valence-electron chi connectivity index (χ1n) is 10.3. The van der Waals surface area contributed by atoms with E-state index in [1.54, 1.807) is 12.1 Å². The molecule has 2 aromatic heterocycles. The first-order chi connectivity index (χ1) is 14.5. The molecule has 0 amide bonds. The molecule has 0 radical (unpaired) electrons. The predicted molar refractivity (Wildman–Crippen MR) is 128 cm³/mol. The predicted octanol–water partition coefficient (Wildman–Crippen LogP) is 5.41. The van der Waals surface area contributed by atoms with E-state index < -0.39 is 0 Å². The zero-order valence-electron chi connectivity index (χ0n) is 17.7. The van der Waals surface area contributed by atoms with Crippen LogP contribution in [0.15, 0.2) is 54.6 Å². The van der Waals surface area contributed by atoms with Crippen LogP contribution < -0.4 is 10.6 Å². The second-order valence-corrected chi connectivity index (χ2v) is 8.13. The third kappa shape index (κ3) is 3.74. The van der Waals surface area contributed by atoms with Gasteiger partial charge < -0.3 is 15.2 Å². The number of hydrogen-bond donors (Lipinski definition) is 1. The van der Waals surface area contributed by atoms with Crippen LogP contribution >= 0.6 is 12.4 Å². The van der Waals surface area contributed by atoms with Gasteiger partial charge in [-0.2, -0.15) is 0 Å². The summed E-state index contributed by atoms with van der Waals surface area (Å²) in [5.41, 5.74) is 13.3. The van der Waals surface area contributed by atoms with Crippen molar-refractivity contribution in [1.29, 1.82) is 0 Å². The van der Waals surface area contributed by atoms with Gasteiger partial charge in [-0.15, -0.1) is 12.4 Å². The van der Waals surface area contributed by atoms with Crippen LogP contribution in [0.1, 0.15) is 27.9 Å². The van der Waals surface area contributed by atoms with Gasteiger partial charge in [0, 0.05) is 30.7 Å². The summed E-state index contributed by atoms with van der Waals surface area (Å²) >= 11 is 0. The summed E-state index contributed by atoms with van der Waals surface area (Å²) in [6, 6.07) is 17.3. The Hall–Kier alpha value is -3.05. The molecule has 0 saturated heterocycles. The minimum absolute atomic E-state index is 0. The number of halogens is 2. The van der Waals surface area contributed by atoms with Gasteiger partial charge in [-0.05, 0) is 60.7 Å². The van der Waals surface area contributed by atoms with Crippen LogP contribution in [0.5, 0.6) is 0 Å². The van der Waals surface area contributed by atoms with Crippen molar-refractivity contribution < 1.29 is 4.39 Å². The third-order valence-electron chi connectivity index (χ3n) is 6.28. The van der Waals surface area contributed by atoms with Crippen LogP contribution in [0.25, 0.3) is 10.9 Å². The lowest BCUT2D eigenvalue weighted by atomic mass is 10.00. The Morgan fingerprint density at radius 3 is 2.58 bits per heavy atom. The third-order valence-corrected chi connectivity index (χ3v) is 6.28. The van der Waals surface area contributed by atoms with E-state index in [0.717, 1.165) is 47.5 Å². The van der Waals surface area contributed by atoms with Crippen LogP contribution in [0.3, 0.4) is 0 Å². The van der Waals surface area contributed by atoms with E-state index in [2.05, 4.69) is 47.6 Å². The van der Waals surface area contributed by atoms with Gasteiger partial charge in [0.15, 0.2) is 5.82 Å². The summed E-state index contributed by atoms with van der Waals surface area (Å²) < 4.78 is 16.1. The number of hydrogen-bond acceptors (Lipinski definition) is 3. The van der Waals surface area contributed by atoms with Gasteiger partial charge in [0.2, 0.25) is 0 Å². The van der Waals surface area contributed by atoms with Crippen molar-refractivity contribution in [2.24, 2.45) is 0 Å². The highest BCUT2D eigenvalue weighted by Gasteiger charge is 2.23. The highest BCUT2D eigenvalue weighted by atomic mass is 35.5. The zero-order chi connectivity index (χ0) is 20.8. The molecule has 0 saturated carbocycles. The van der Waals surface area contributed by atoms with E-state index in [0.29, 0.717) is 12.4 Å². The number of aryl methyl sites for hydroxylation is 1. The maximum absolute atomic E-state index is 13.8. The van der Waals surface area contributed by atoms with Crippen LogP contribution in [0.2, 0.25) is 0 Å². The molecule has 0 unspecified atom stereocenters. The molecule has 4 aromatic rings. The number of nitrogen functional groups attached to an aromatic ring is 1. The van der Waals surface area contributed by atoms with E-state index in [4.69, 9.17) is 10.7 Å². The molecule has 2 aromatic carbocycles. The maximum atomic E-state index is 13.8. The van der Waals surface area contributed by atoms with Crippen molar-refractivity contribution >= 4 is 34.9 Å². The fourth-order valence-electron chi connectivity index (χ4n) is 4.57. The standard InChI is InChI=1S/C25H25FN4.ClH/c1-16-17(2)30(14-18-6-5-9-21(26)12-18)24-22(16)13-23(27)28-25(24)29-11-10-19-7-3-4-8-20(19)15-29;/h3-9,12-13H,10-11,14-15H2,1-2H3,(H2,27,28);1H. The topological polar surface area (TPSA) is 47.1 Å². The molecule has 1 aliphatic rings. The highest BCUT2D eigenvalue weighted by Crippen LogP contribution is 2.35. The van der Waals surface area contributed by atoms with Crippen molar-refractivity contribution in [2.45, 2.75) is 33.4 Å². The summed E-state index contributed by atoms with van der Waals surface area (Å²) in [7, 11) is 0. The number of anilines is 2. The van der Waals surface area contributed by atoms with E-state index in [-0.39, 0.29) is 18.2 Å². The number of nitrogens with two attached hydrogens (primary N) is 1. The first-order valence-corrected chi connectivity index (χ1v) is 10.3. The Kier molecular flexibility index (Phi) is 5.63. The van der Waals surface area contributed by atoms with Crippen LogP contribution in [-0.4, -0.2) is 16.1 Å². The summed E-state index contributed by atoms with van der Waals surface area (Å²) in [6.07, 6.45) is 0.983. The van der Waals surface area contributed by atoms with Crippen molar-refractivity contribution in [3.63, 3.8) is 0 Å². The molecule has 0 spiro atoms. The smallest absolute Gasteiger partial charge is 0.155 e. The molecular weight excluding hydrogens is 411 g/mol. The number of rotatable bonds is 3. The monoisotopic (exact) mass is 436 g/mol. The lowest BCUT2D eigenvalue weighted by Crippen LogP contribution is -2.31. The fourth-order valence-corrected chi connectivity index (χ4v) is 4.57. The van der Waals surface area contributed by atoms with Gasteiger partial charge in [-0.25, -0.2) is 9.37 Å². The molecule has 4 nitrogen and oxygen atoms in total.